The van der Waals surface area contributed by atoms with E-state index in [1.807, 2.05) is 6.07 Å². The minimum atomic E-state index is -0.414. The molecule has 2 rings (SSSR count). The first-order chi connectivity index (χ1) is 9.22. The third-order valence-electron chi connectivity index (χ3n) is 2.39. The summed E-state index contributed by atoms with van der Waals surface area (Å²) in [6.07, 6.45) is 4.88. The van der Waals surface area contributed by atoms with E-state index in [-0.39, 0.29) is 5.75 Å². The van der Waals surface area contributed by atoms with Crippen molar-refractivity contribution in [3.8, 4) is 11.8 Å². The normalized spacial score (nSPS) is 10.4. The van der Waals surface area contributed by atoms with Crippen LogP contribution in [0.1, 0.15) is 17.1 Å². The Morgan fingerprint density at radius 3 is 2.89 bits per heavy atom. The number of aromatic nitrogens is 2. The molecule has 0 N–H and O–H groups in total. The molecule has 4 nitrogen and oxygen atoms in total. The van der Waals surface area contributed by atoms with Crippen LogP contribution in [0.2, 0.25) is 0 Å². The van der Waals surface area contributed by atoms with Gasteiger partial charge in [0.05, 0.1) is 7.11 Å². The van der Waals surface area contributed by atoms with Gasteiger partial charge in [0.2, 0.25) is 0 Å². The summed E-state index contributed by atoms with van der Waals surface area (Å²) in [6.45, 7) is 0. The maximum absolute atomic E-state index is 13.2. The number of nitriles is 1. The molecule has 0 saturated carbocycles. The molecule has 1 aromatic carbocycles. The predicted molar refractivity (Wildman–Crippen MR) is 68.6 cm³/mol. The van der Waals surface area contributed by atoms with Gasteiger partial charge < -0.3 is 4.74 Å². The first-order valence-corrected chi connectivity index (χ1v) is 5.47. The highest BCUT2D eigenvalue weighted by molar-refractivity contribution is 5.67. The van der Waals surface area contributed by atoms with Gasteiger partial charge in [-0.05, 0) is 29.8 Å². The van der Waals surface area contributed by atoms with Crippen molar-refractivity contribution in [2.75, 3.05) is 7.11 Å². The molecule has 0 saturated heterocycles. The minimum Gasteiger partial charge on any atom is -0.494 e. The van der Waals surface area contributed by atoms with Gasteiger partial charge in [-0.2, -0.15) is 5.26 Å². The van der Waals surface area contributed by atoms with E-state index in [0.29, 0.717) is 11.5 Å². The average molecular weight is 255 g/mol. The van der Waals surface area contributed by atoms with E-state index in [0.717, 1.165) is 5.56 Å². The molecule has 5 heteroatoms. The van der Waals surface area contributed by atoms with Crippen molar-refractivity contribution in [1.29, 1.82) is 5.26 Å². The number of hydrogen-bond acceptors (Lipinski definition) is 4. The molecule has 0 spiro atoms. The van der Waals surface area contributed by atoms with Gasteiger partial charge in [0.25, 0.3) is 0 Å². The molecule has 0 aliphatic carbocycles. The maximum Gasteiger partial charge on any atom is 0.165 e. The molecular weight excluding hydrogens is 245 g/mol. The molecule has 1 heterocycles. The Bertz CT molecular complexity index is 662. The summed E-state index contributed by atoms with van der Waals surface area (Å²) < 4.78 is 18.1. The summed E-state index contributed by atoms with van der Waals surface area (Å²) in [7, 11) is 1.41. The fourth-order valence-corrected chi connectivity index (χ4v) is 1.47. The number of nitrogens with zero attached hydrogens (tertiary/aromatic N) is 3. The summed E-state index contributed by atoms with van der Waals surface area (Å²) in [6, 6.07) is 7.97. The van der Waals surface area contributed by atoms with Gasteiger partial charge in [-0.3, -0.25) is 0 Å². The van der Waals surface area contributed by atoms with Crippen molar-refractivity contribution in [2.45, 2.75) is 0 Å². The minimum absolute atomic E-state index is 0.175. The zero-order chi connectivity index (χ0) is 13.7. The zero-order valence-corrected chi connectivity index (χ0v) is 10.2. The van der Waals surface area contributed by atoms with Crippen LogP contribution >= 0.6 is 0 Å². The quantitative estimate of drug-likeness (QED) is 0.846. The van der Waals surface area contributed by atoms with Crippen LogP contribution in [0, 0.1) is 17.1 Å². The topological polar surface area (TPSA) is 58.8 Å². The number of methoxy groups -OCH3 is 1. The third-order valence-corrected chi connectivity index (χ3v) is 2.39. The summed E-state index contributed by atoms with van der Waals surface area (Å²) in [5, 5.41) is 8.72. The lowest BCUT2D eigenvalue weighted by Gasteiger charge is -2.02. The van der Waals surface area contributed by atoms with E-state index < -0.39 is 5.82 Å². The molecule has 0 bridgehead atoms. The van der Waals surface area contributed by atoms with Crippen LogP contribution in [0.3, 0.4) is 0 Å². The molecule has 2 aromatic rings. The fraction of sp³-hybridized carbons (Fsp3) is 0.0714. The Balaban J connectivity index is 2.25. The van der Waals surface area contributed by atoms with Crippen molar-refractivity contribution in [1.82, 2.24) is 9.97 Å². The van der Waals surface area contributed by atoms with Crippen LogP contribution in [0.25, 0.3) is 12.2 Å². The van der Waals surface area contributed by atoms with Gasteiger partial charge in [0, 0.05) is 6.20 Å². The zero-order valence-electron chi connectivity index (χ0n) is 10.2. The molecule has 0 fully saturated rings. The van der Waals surface area contributed by atoms with E-state index in [9.17, 15) is 4.39 Å². The monoisotopic (exact) mass is 255 g/mol. The smallest absolute Gasteiger partial charge is 0.165 e. The molecule has 0 aliphatic rings. The lowest BCUT2D eigenvalue weighted by molar-refractivity contribution is 0.386. The number of halogens is 1. The van der Waals surface area contributed by atoms with E-state index >= 15 is 0 Å². The molecule has 0 atom stereocenters. The second kappa shape index (κ2) is 5.74. The lowest BCUT2D eigenvalue weighted by Crippen LogP contribution is -1.90. The van der Waals surface area contributed by atoms with Crippen molar-refractivity contribution >= 4 is 12.2 Å². The summed E-state index contributed by atoms with van der Waals surface area (Å²) in [4.78, 5) is 8.01. The third kappa shape index (κ3) is 3.13. The van der Waals surface area contributed by atoms with Gasteiger partial charge >= 0.3 is 0 Å². The molecular formula is C14H10FN3O. The number of rotatable bonds is 3. The van der Waals surface area contributed by atoms with Gasteiger partial charge in [0.1, 0.15) is 11.8 Å². The van der Waals surface area contributed by atoms with Gasteiger partial charge in [-0.15, -0.1) is 0 Å². The maximum atomic E-state index is 13.2. The first-order valence-electron chi connectivity index (χ1n) is 5.47. The number of hydrogen-bond donors (Lipinski definition) is 0. The van der Waals surface area contributed by atoms with E-state index in [1.165, 1.54) is 25.4 Å². The van der Waals surface area contributed by atoms with Crippen LogP contribution < -0.4 is 4.74 Å². The van der Waals surface area contributed by atoms with Crippen LogP contribution in [0.5, 0.6) is 5.75 Å². The highest BCUT2D eigenvalue weighted by Crippen LogP contribution is 2.19. The molecule has 0 radical (unpaired) electrons. The van der Waals surface area contributed by atoms with Crippen molar-refractivity contribution < 1.29 is 9.13 Å². The standard InChI is InChI=1S/C14H10FN3O/c1-19-13-8-10(2-4-12(13)15)3-5-14-17-7-6-11(9-16)18-14/h2-8H,1H3. The van der Waals surface area contributed by atoms with Gasteiger partial charge in [-0.1, -0.05) is 12.1 Å². The van der Waals surface area contributed by atoms with E-state index in [1.54, 1.807) is 24.3 Å². The first kappa shape index (κ1) is 12.7. The molecule has 94 valence electrons. The molecule has 19 heavy (non-hydrogen) atoms. The second-order valence-electron chi connectivity index (χ2n) is 3.64. The van der Waals surface area contributed by atoms with Crippen molar-refractivity contribution in [3.05, 3.63) is 53.4 Å². The second-order valence-corrected chi connectivity index (χ2v) is 3.64. The van der Waals surface area contributed by atoms with Gasteiger partial charge in [0.15, 0.2) is 17.4 Å². The average Bonchev–Trinajstić information content (AvgIpc) is 2.46. The SMILES string of the molecule is COc1cc(C=Cc2nccc(C#N)n2)ccc1F. The Kier molecular flexibility index (Phi) is 3.84. The van der Waals surface area contributed by atoms with E-state index in [2.05, 4.69) is 9.97 Å². The molecule has 1 aromatic heterocycles. The number of ether oxygens (including phenoxy) is 1. The largest absolute Gasteiger partial charge is 0.494 e. The van der Waals surface area contributed by atoms with Crippen LogP contribution in [0.4, 0.5) is 4.39 Å². The van der Waals surface area contributed by atoms with Crippen LogP contribution in [0.15, 0.2) is 30.5 Å². The van der Waals surface area contributed by atoms with Crippen LogP contribution in [-0.2, 0) is 0 Å². The molecule has 0 aliphatic heterocycles. The predicted octanol–water partition coefficient (Wildman–Crippen LogP) is 2.67. The summed E-state index contributed by atoms with van der Waals surface area (Å²) in [5.41, 5.74) is 1.05. The lowest BCUT2D eigenvalue weighted by atomic mass is 10.2. The Morgan fingerprint density at radius 2 is 2.16 bits per heavy atom. The molecule has 0 amide bonds. The highest BCUT2D eigenvalue weighted by Gasteiger charge is 2.01. The van der Waals surface area contributed by atoms with E-state index in [4.69, 9.17) is 10.00 Å². The molecule has 0 unspecified atom stereocenters. The Labute approximate surface area is 109 Å². The Hall–Kier alpha value is -2.74. The fourth-order valence-electron chi connectivity index (χ4n) is 1.47. The Morgan fingerprint density at radius 1 is 1.32 bits per heavy atom. The summed E-state index contributed by atoms with van der Waals surface area (Å²) in [5.74, 6) is 0.179. The van der Waals surface area contributed by atoms with Crippen LogP contribution in [-0.4, -0.2) is 17.1 Å². The summed E-state index contributed by atoms with van der Waals surface area (Å²) >= 11 is 0. The number of benzene rings is 1. The van der Waals surface area contributed by atoms with Gasteiger partial charge in [-0.25, -0.2) is 14.4 Å². The van der Waals surface area contributed by atoms with Crippen molar-refractivity contribution in [3.63, 3.8) is 0 Å². The highest BCUT2D eigenvalue weighted by atomic mass is 19.1. The van der Waals surface area contributed by atoms with Crippen molar-refractivity contribution in [2.24, 2.45) is 0 Å².